The Morgan fingerprint density at radius 1 is 1.10 bits per heavy atom. The van der Waals surface area contributed by atoms with Crippen molar-refractivity contribution in [2.75, 3.05) is 5.32 Å². The lowest BCUT2D eigenvalue weighted by molar-refractivity contribution is 0.102. The first-order valence-electron chi connectivity index (χ1n) is 6.30. The van der Waals surface area contributed by atoms with Gasteiger partial charge in [0, 0.05) is 17.7 Å². The van der Waals surface area contributed by atoms with Gasteiger partial charge in [-0.15, -0.1) is 0 Å². The van der Waals surface area contributed by atoms with Gasteiger partial charge in [0.2, 0.25) is 0 Å². The zero-order valence-electron chi connectivity index (χ0n) is 11.2. The minimum atomic E-state index is -0.118. The third-order valence-electron chi connectivity index (χ3n) is 2.90. The summed E-state index contributed by atoms with van der Waals surface area (Å²) in [7, 11) is 0. The lowest BCUT2D eigenvalue weighted by Gasteiger charge is -2.07. The average Bonchev–Trinajstić information content (AvgIpc) is 2.41. The molecule has 0 bridgehead atoms. The number of anilines is 1. The molecule has 0 heterocycles. The maximum atomic E-state index is 12.0. The van der Waals surface area contributed by atoms with Crippen molar-refractivity contribution < 1.29 is 4.79 Å². The molecular formula is C16H16N2OS. The molecule has 102 valence electrons. The second-order valence-corrected chi connectivity index (χ2v) is 5.18. The number of carbonyl (C=O) groups is 1. The van der Waals surface area contributed by atoms with Crippen LogP contribution in [0.2, 0.25) is 0 Å². The molecule has 0 saturated carbocycles. The normalized spacial score (nSPS) is 10.1. The van der Waals surface area contributed by atoms with Crippen LogP contribution in [0.3, 0.4) is 0 Å². The van der Waals surface area contributed by atoms with Crippen molar-refractivity contribution >= 4 is 28.8 Å². The van der Waals surface area contributed by atoms with Crippen molar-refractivity contribution in [3.63, 3.8) is 0 Å². The summed E-state index contributed by atoms with van der Waals surface area (Å²) in [6, 6.07) is 15.0. The Labute approximate surface area is 123 Å². The van der Waals surface area contributed by atoms with Crippen molar-refractivity contribution in [1.29, 1.82) is 0 Å². The zero-order valence-corrected chi connectivity index (χ0v) is 12.0. The number of thiocarbonyl (C=S) groups is 1. The number of amides is 1. The fourth-order valence-corrected chi connectivity index (χ4v) is 1.98. The zero-order chi connectivity index (χ0) is 14.5. The molecule has 2 rings (SSSR count). The van der Waals surface area contributed by atoms with Gasteiger partial charge >= 0.3 is 0 Å². The maximum Gasteiger partial charge on any atom is 0.255 e. The average molecular weight is 284 g/mol. The summed E-state index contributed by atoms with van der Waals surface area (Å²) in [5, 5.41) is 2.86. The van der Waals surface area contributed by atoms with Crippen LogP contribution in [-0.4, -0.2) is 10.9 Å². The molecule has 0 spiro atoms. The van der Waals surface area contributed by atoms with E-state index in [-0.39, 0.29) is 5.91 Å². The fourth-order valence-electron chi connectivity index (χ4n) is 1.82. The number of nitrogens with one attached hydrogen (secondary N) is 1. The number of rotatable bonds is 4. The number of nitrogens with two attached hydrogens (primary N) is 1. The summed E-state index contributed by atoms with van der Waals surface area (Å²) in [6.45, 7) is 1.99. The molecule has 2 aromatic rings. The van der Waals surface area contributed by atoms with Crippen molar-refractivity contribution in [1.82, 2.24) is 0 Å². The van der Waals surface area contributed by atoms with Gasteiger partial charge in [-0.3, -0.25) is 4.79 Å². The van der Waals surface area contributed by atoms with Crippen molar-refractivity contribution in [3.8, 4) is 0 Å². The molecule has 0 radical (unpaired) electrons. The second kappa shape index (κ2) is 6.30. The monoisotopic (exact) mass is 284 g/mol. The summed E-state index contributed by atoms with van der Waals surface area (Å²) in [5.41, 5.74) is 9.05. The van der Waals surface area contributed by atoms with Crippen LogP contribution in [0.5, 0.6) is 0 Å². The fraction of sp³-hybridized carbons (Fsp3) is 0.125. The Bertz CT molecular complexity index is 618. The number of aryl methyl sites for hydroxylation is 1. The van der Waals surface area contributed by atoms with E-state index >= 15 is 0 Å². The van der Waals surface area contributed by atoms with E-state index in [2.05, 4.69) is 5.32 Å². The van der Waals surface area contributed by atoms with Crippen molar-refractivity contribution in [3.05, 3.63) is 65.2 Å². The Morgan fingerprint density at radius 3 is 2.25 bits per heavy atom. The highest BCUT2D eigenvalue weighted by Crippen LogP contribution is 2.12. The van der Waals surface area contributed by atoms with Crippen LogP contribution in [0.1, 0.15) is 21.5 Å². The standard InChI is InChI=1S/C16H16N2OS/c1-11-2-6-13(7-3-11)16(19)18-14-8-4-12(5-9-14)10-15(17)20/h2-9H,10H2,1H3,(H2,17,20)(H,18,19). The van der Waals surface area contributed by atoms with Gasteiger partial charge in [0.1, 0.15) is 0 Å². The van der Waals surface area contributed by atoms with E-state index in [0.717, 1.165) is 16.8 Å². The molecule has 2 aromatic carbocycles. The highest BCUT2D eigenvalue weighted by atomic mass is 32.1. The summed E-state index contributed by atoms with van der Waals surface area (Å²) in [5.74, 6) is -0.118. The molecular weight excluding hydrogens is 268 g/mol. The van der Waals surface area contributed by atoms with Crippen molar-refractivity contribution in [2.24, 2.45) is 5.73 Å². The molecule has 3 nitrogen and oxygen atoms in total. The van der Waals surface area contributed by atoms with E-state index in [4.69, 9.17) is 18.0 Å². The topological polar surface area (TPSA) is 55.1 Å². The smallest absolute Gasteiger partial charge is 0.255 e. The Kier molecular flexibility index (Phi) is 4.48. The van der Waals surface area contributed by atoms with Crippen LogP contribution in [-0.2, 0) is 6.42 Å². The van der Waals surface area contributed by atoms with Gasteiger partial charge in [-0.25, -0.2) is 0 Å². The van der Waals surface area contributed by atoms with E-state index in [1.165, 1.54) is 0 Å². The van der Waals surface area contributed by atoms with Crippen LogP contribution < -0.4 is 11.1 Å². The first-order chi connectivity index (χ1) is 9.54. The summed E-state index contributed by atoms with van der Waals surface area (Å²) < 4.78 is 0. The first-order valence-corrected chi connectivity index (χ1v) is 6.71. The lowest BCUT2D eigenvalue weighted by atomic mass is 10.1. The number of hydrogen-bond donors (Lipinski definition) is 2. The molecule has 0 aliphatic carbocycles. The third-order valence-corrected chi connectivity index (χ3v) is 3.05. The molecule has 0 aromatic heterocycles. The molecule has 4 heteroatoms. The second-order valence-electron chi connectivity index (χ2n) is 4.66. The first kappa shape index (κ1) is 14.2. The van der Waals surface area contributed by atoms with Crippen LogP contribution in [0, 0.1) is 6.92 Å². The van der Waals surface area contributed by atoms with Crippen LogP contribution >= 0.6 is 12.2 Å². The predicted molar refractivity (Wildman–Crippen MR) is 86.1 cm³/mol. The number of hydrogen-bond acceptors (Lipinski definition) is 2. The molecule has 0 saturated heterocycles. The van der Waals surface area contributed by atoms with E-state index in [9.17, 15) is 4.79 Å². The lowest BCUT2D eigenvalue weighted by Crippen LogP contribution is -2.12. The number of carbonyl (C=O) groups excluding carboxylic acids is 1. The van der Waals surface area contributed by atoms with E-state index in [0.29, 0.717) is 17.0 Å². The molecule has 0 atom stereocenters. The van der Waals surface area contributed by atoms with Gasteiger partial charge in [-0.2, -0.15) is 0 Å². The summed E-state index contributed by atoms with van der Waals surface area (Å²) in [4.78, 5) is 12.5. The minimum absolute atomic E-state index is 0.118. The Morgan fingerprint density at radius 2 is 1.70 bits per heavy atom. The van der Waals surface area contributed by atoms with Gasteiger partial charge in [-0.05, 0) is 36.8 Å². The van der Waals surface area contributed by atoms with Crippen LogP contribution in [0.25, 0.3) is 0 Å². The molecule has 1 amide bonds. The Hall–Kier alpha value is -2.20. The Balaban J connectivity index is 2.04. The van der Waals surface area contributed by atoms with E-state index in [1.807, 2.05) is 55.5 Å². The maximum absolute atomic E-state index is 12.0. The quantitative estimate of drug-likeness (QED) is 0.848. The molecule has 20 heavy (non-hydrogen) atoms. The van der Waals surface area contributed by atoms with Gasteiger partial charge in [0.15, 0.2) is 0 Å². The largest absolute Gasteiger partial charge is 0.393 e. The van der Waals surface area contributed by atoms with Gasteiger partial charge in [0.05, 0.1) is 4.99 Å². The van der Waals surface area contributed by atoms with Crippen LogP contribution in [0.15, 0.2) is 48.5 Å². The van der Waals surface area contributed by atoms with E-state index < -0.39 is 0 Å². The van der Waals surface area contributed by atoms with Gasteiger partial charge in [0.25, 0.3) is 5.91 Å². The summed E-state index contributed by atoms with van der Waals surface area (Å²) in [6.07, 6.45) is 0.571. The SMILES string of the molecule is Cc1ccc(C(=O)Nc2ccc(CC(N)=S)cc2)cc1. The molecule has 0 aliphatic rings. The third kappa shape index (κ3) is 3.90. The minimum Gasteiger partial charge on any atom is -0.393 e. The van der Waals surface area contributed by atoms with Crippen molar-refractivity contribution in [2.45, 2.75) is 13.3 Å². The molecule has 3 N–H and O–H groups in total. The van der Waals surface area contributed by atoms with Gasteiger partial charge in [-0.1, -0.05) is 42.0 Å². The van der Waals surface area contributed by atoms with Gasteiger partial charge < -0.3 is 11.1 Å². The highest BCUT2D eigenvalue weighted by Gasteiger charge is 2.05. The van der Waals surface area contributed by atoms with Crippen LogP contribution in [0.4, 0.5) is 5.69 Å². The predicted octanol–water partition coefficient (Wildman–Crippen LogP) is 3.08. The summed E-state index contributed by atoms with van der Waals surface area (Å²) >= 11 is 4.86. The molecule has 0 unspecified atom stereocenters. The molecule has 0 aliphatic heterocycles. The number of benzene rings is 2. The highest BCUT2D eigenvalue weighted by molar-refractivity contribution is 7.80. The van der Waals surface area contributed by atoms with E-state index in [1.54, 1.807) is 0 Å². The molecule has 0 fully saturated rings.